The van der Waals surface area contributed by atoms with Crippen molar-refractivity contribution in [1.82, 2.24) is 4.57 Å². The average Bonchev–Trinajstić information content (AvgIpc) is 3.19. The van der Waals surface area contributed by atoms with Crippen LogP contribution in [0.3, 0.4) is 0 Å². The van der Waals surface area contributed by atoms with Crippen molar-refractivity contribution < 1.29 is 0 Å². The van der Waals surface area contributed by atoms with Crippen LogP contribution in [0.1, 0.15) is 0 Å². The van der Waals surface area contributed by atoms with Crippen LogP contribution in [0.2, 0.25) is 0 Å². The Balaban J connectivity index is 1.55. The number of nitrogens with one attached hydrogen (secondary N) is 1. The summed E-state index contributed by atoms with van der Waals surface area (Å²) in [5.41, 5.74) is 8.20. The Labute approximate surface area is 187 Å². The van der Waals surface area contributed by atoms with Crippen molar-refractivity contribution in [2.75, 3.05) is 5.32 Å². The largest absolute Gasteiger partial charge is 0.355 e. The lowest BCUT2D eigenvalue weighted by Gasteiger charge is -2.13. The van der Waals surface area contributed by atoms with Gasteiger partial charge in [-0.25, -0.2) is 0 Å². The van der Waals surface area contributed by atoms with E-state index in [1.807, 2.05) is 6.07 Å². The van der Waals surface area contributed by atoms with Crippen molar-refractivity contribution in [3.05, 3.63) is 127 Å². The van der Waals surface area contributed by atoms with Gasteiger partial charge in [0.2, 0.25) is 0 Å². The topological polar surface area (TPSA) is 17.0 Å². The van der Waals surface area contributed by atoms with Crippen LogP contribution in [0.15, 0.2) is 127 Å². The molecule has 0 aliphatic carbocycles. The lowest BCUT2D eigenvalue weighted by Crippen LogP contribution is -1.94. The molecule has 1 heterocycles. The Bertz CT molecular complexity index is 1530. The number of hydrogen-bond acceptors (Lipinski definition) is 1. The fourth-order valence-corrected chi connectivity index (χ4v) is 4.52. The van der Waals surface area contributed by atoms with E-state index in [0.29, 0.717) is 0 Å². The van der Waals surface area contributed by atoms with Crippen LogP contribution in [0.4, 0.5) is 11.4 Å². The molecule has 0 saturated heterocycles. The van der Waals surface area contributed by atoms with Crippen LogP contribution in [0, 0.1) is 0 Å². The fraction of sp³-hybridized carbons (Fsp3) is 0. The molecular weight excluding hydrogens is 388 g/mol. The highest BCUT2D eigenvalue weighted by Crippen LogP contribution is 2.37. The maximum atomic E-state index is 3.58. The molecule has 32 heavy (non-hydrogen) atoms. The molecule has 0 spiro atoms. The van der Waals surface area contributed by atoms with Gasteiger partial charge in [0.05, 0.1) is 11.0 Å². The van der Waals surface area contributed by atoms with Crippen molar-refractivity contribution >= 4 is 33.2 Å². The second-order valence-electron chi connectivity index (χ2n) is 7.96. The SMILES string of the molecule is c1ccc(Nc2ccccc2-c2ccc3c(c2)c2ccccc2n3-c2ccccc2)cc1. The first-order valence-corrected chi connectivity index (χ1v) is 10.9. The van der Waals surface area contributed by atoms with Crippen molar-refractivity contribution in [3.8, 4) is 16.8 Å². The number of hydrogen-bond donors (Lipinski definition) is 1. The van der Waals surface area contributed by atoms with Crippen LogP contribution in [0.5, 0.6) is 0 Å². The van der Waals surface area contributed by atoms with E-state index in [0.717, 1.165) is 11.4 Å². The zero-order valence-corrected chi connectivity index (χ0v) is 17.6. The van der Waals surface area contributed by atoms with Gasteiger partial charge in [-0.15, -0.1) is 0 Å². The van der Waals surface area contributed by atoms with Crippen LogP contribution >= 0.6 is 0 Å². The third-order valence-corrected chi connectivity index (χ3v) is 5.98. The number of fused-ring (bicyclic) bond motifs is 3. The molecule has 1 N–H and O–H groups in total. The predicted molar refractivity (Wildman–Crippen MR) is 136 cm³/mol. The molecule has 6 rings (SSSR count). The quantitative estimate of drug-likeness (QED) is 0.310. The highest BCUT2D eigenvalue weighted by molar-refractivity contribution is 6.10. The van der Waals surface area contributed by atoms with E-state index in [1.165, 1.54) is 38.6 Å². The minimum absolute atomic E-state index is 1.08. The third kappa shape index (κ3) is 3.14. The third-order valence-electron chi connectivity index (χ3n) is 5.98. The highest BCUT2D eigenvalue weighted by Gasteiger charge is 2.14. The van der Waals surface area contributed by atoms with E-state index in [4.69, 9.17) is 0 Å². The van der Waals surface area contributed by atoms with E-state index in [-0.39, 0.29) is 0 Å². The molecule has 1 aromatic heterocycles. The van der Waals surface area contributed by atoms with Gasteiger partial charge in [0.15, 0.2) is 0 Å². The van der Waals surface area contributed by atoms with Crippen molar-refractivity contribution in [2.24, 2.45) is 0 Å². The Morgan fingerprint density at radius 2 is 1.16 bits per heavy atom. The fourth-order valence-electron chi connectivity index (χ4n) is 4.52. The molecule has 6 aromatic rings. The van der Waals surface area contributed by atoms with Gasteiger partial charge in [0.1, 0.15) is 0 Å². The van der Waals surface area contributed by atoms with Crippen LogP contribution in [-0.4, -0.2) is 4.57 Å². The lowest BCUT2D eigenvalue weighted by molar-refractivity contribution is 1.18. The van der Waals surface area contributed by atoms with E-state index in [2.05, 4.69) is 131 Å². The Morgan fingerprint density at radius 1 is 0.500 bits per heavy atom. The van der Waals surface area contributed by atoms with Crippen molar-refractivity contribution in [1.29, 1.82) is 0 Å². The van der Waals surface area contributed by atoms with Gasteiger partial charge in [-0.05, 0) is 54.1 Å². The number of para-hydroxylation sites is 4. The maximum Gasteiger partial charge on any atom is 0.0541 e. The normalized spacial score (nSPS) is 11.1. The standard InChI is InChI=1S/C30H22N2/c1-3-11-23(12-4-1)31-28-17-9-7-15-25(28)22-19-20-30-27(21-22)26-16-8-10-18-29(26)32(30)24-13-5-2-6-14-24/h1-21,31H. The second kappa shape index (κ2) is 7.75. The number of benzene rings is 5. The smallest absolute Gasteiger partial charge is 0.0541 e. The summed E-state index contributed by atoms with van der Waals surface area (Å²) >= 11 is 0. The highest BCUT2D eigenvalue weighted by atomic mass is 15.0. The Hall–Kier alpha value is -4.30. The summed E-state index contributed by atoms with van der Waals surface area (Å²) in [6.07, 6.45) is 0. The van der Waals surface area contributed by atoms with Gasteiger partial charge in [-0.2, -0.15) is 0 Å². The summed E-state index contributed by atoms with van der Waals surface area (Å²) in [5, 5.41) is 6.11. The first-order chi connectivity index (χ1) is 15.9. The minimum Gasteiger partial charge on any atom is -0.355 e. The van der Waals surface area contributed by atoms with E-state index >= 15 is 0 Å². The second-order valence-corrected chi connectivity index (χ2v) is 7.96. The summed E-state index contributed by atoms with van der Waals surface area (Å²) in [6.45, 7) is 0. The summed E-state index contributed by atoms with van der Waals surface area (Å²) in [7, 11) is 0. The predicted octanol–water partition coefficient (Wildman–Crippen LogP) is 8.19. The lowest BCUT2D eigenvalue weighted by atomic mass is 10.0. The average molecular weight is 411 g/mol. The Morgan fingerprint density at radius 3 is 2.00 bits per heavy atom. The molecule has 0 fully saturated rings. The molecule has 0 saturated carbocycles. The summed E-state index contributed by atoms with van der Waals surface area (Å²) in [6, 6.07) is 44.8. The number of nitrogens with zero attached hydrogens (tertiary/aromatic N) is 1. The van der Waals surface area contributed by atoms with Gasteiger partial charge >= 0.3 is 0 Å². The number of anilines is 2. The molecule has 0 aliphatic heterocycles. The zero-order valence-electron chi connectivity index (χ0n) is 17.6. The van der Waals surface area contributed by atoms with Gasteiger partial charge in [0.25, 0.3) is 0 Å². The molecule has 2 heteroatoms. The molecule has 5 aromatic carbocycles. The molecule has 2 nitrogen and oxygen atoms in total. The zero-order chi connectivity index (χ0) is 21.3. The maximum absolute atomic E-state index is 3.58. The van der Waals surface area contributed by atoms with Gasteiger partial charge in [-0.1, -0.05) is 78.9 Å². The van der Waals surface area contributed by atoms with Gasteiger partial charge in [-0.3, -0.25) is 0 Å². The molecule has 0 amide bonds. The molecule has 0 radical (unpaired) electrons. The van der Waals surface area contributed by atoms with Crippen LogP contribution in [0.25, 0.3) is 38.6 Å². The molecule has 0 bridgehead atoms. The minimum atomic E-state index is 1.08. The summed E-state index contributed by atoms with van der Waals surface area (Å²) in [5.74, 6) is 0. The number of aromatic nitrogens is 1. The molecule has 152 valence electrons. The summed E-state index contributed by atoms with van der Waals surface area (Å²) in [4.78, 5) is 0. The van der Waals surface area contributed by atoms with Crippen molar-refractivity contribution in [2.45, 2.75) is 0 Å². The molecule has 0 atom stereocenters. The van der Waals surface area contributed by atoms with Crippen LogP contribution in [-0.2, 0) is 0 Å². The van der Waals surface area contributed by atoms with Gasteiger partial charge in [0, 0.05) is 33.4 Å². The molecule has 0 unspecified atom stereocenters. The van der Waals surface area contributed by atoms with Gasteiger partial charge < -0.3 is 9.88 Å². The number of rotatable bonds is 4. The van der Waals surface area contributed by atoms with Crippen molar-refractivity contribution in [3.63, 3.8) is 0 Å². The first-order valence-electron chi connectivity index (χ1n) is 10.9. The Kier molecular flexibility index (Phi) is 4.47. The van der Waals surface area contributed by atoms with E-state index in [1.54, 1.807) is 0 Å². The molecular formula is C30H22N2. The monoisotopic (exact) mass is 410 g/mol. The van der Waals surface area contributed by atoms with Crippen LogP contribution < -0.4 is 5.32 Å². The molecule has 0 aliphatic rings. The van der Waals surface area contributed by atoms with E-state index in [9.17, 15) is 0 Å². The summed E-state index contributed by atoms with van der Waals surface area (Å²) < 4.78 is 2.35. The van der Waals surface area contributed by atoms with E-state index < -0.39 is 0 Å². The first kappa shape index (κ1) is 18.5.